The summed E-state index contributed by atoms with van der Waals surface area (Å²) >= 11 is 0. The van der Waals surface area contributed by atoms with Gasteiger partial charge in [0.25, 0.3) is 5.91 Å². The summed E-state index contributed by atoms with van der Waals surface area (Å²) in [5, 5.41) is 3.10. The molecule has 1 aliphatic heterocycles. The maximum atomic E-state index is 12.6. The maximum absolute atomic E-state index is 12.6. The van der Waals surface area contributed by atoms with Crippen molar-refractivity contribution in [3.63, 3.8) is 0 Å². The Hall–Kier alpha value is -3.34. The molecule has 5 heteroatoms. The molecule has 0 fully saturated rings. The lowest BCUT2D eigenvalue weighted by atomic mass is 10.00. The summed E-state index contributed by atoms with van der Waals surface area (Å²) in [7, 11) is 0. The topological polar surface area (TPSA) is 60.5 Å². The van der Waals surface area contributed by atoms with Crippen molar-refractivity contribution in [2.45, 2.75) is 19.1 Å². The third-order valence-electron chi connectivity index (χ3n) is 4.51. The molecule has 2 aromatic carbocycles. The third-order valence-corrected chi connectivity index (χ3v) is 4.51. The van der Waals surface area contributed by atoms with Gasteiger partial charge in [-0.3, -0.25) is 9.78 Å². The van der Waals surface area contributed by atoms with Crippen molar-refractivity contribution in [1.29, 1.82) is 0 Å². The van der Waals surface area contributed by atoms with Gasteiger partial charge in [0.1, 0.15) is 18.1 Å². The SMILES string of the molecule is O=C(NC1CCOc2ccccc21)c1ccc(OCc2cccnc2)cc1. The van der Waals surface area contributed by atoms with E-state index in [2.05, 4.69) is 10.3 Å². The molecule has 1 unspecified atom stereocenters. The van der Waals surface area contributed by atoms with Crippen LogP contribution in [0.4, 0.5) is 0 Å². The Morgan fingerprint density at radius 3 is 2.78 bits per heavy atom. The number of nitrogens with zero attached hydrogens (tertiary/aromatic N) is 1. The van der Waals surface area contributed by atoms with Crippen LogP contribution in [-0.2, 0) is 6.61 Å². The van der Waals surface area contributed by atoms with Crippen LogP contribution in [0.25, 0.3) is 0 Å². The maximum Gasteiger partial charge on any atom is 0.251 e. The van der Waals surface area contributed by atoms with Gasteiger partial charge in [0.05, 0.1) is 12.6 Å². The van der Waals surface area contributed by atoms with Crippen LogP contribution in [0.2, 0.25) is 0 Å². The van der Waals surface area contributed by atoms with Crippen LogP contribution in [0.5, 0.6) is 11.5 Å². The van der Waals surface area contributed by atoms with Gasteiger partial charge in [0.2, 0.25) is 0 Å². The molecule has 1 aromatic heterocycles. The highest BCUT2D eigenvalue weighted by atomic mass is 16.5. The van der Waals surface area contributed by atoms with E-state index in [1.807, 2.05) is 48.5 Å². The fourth-order valence-corrected chi connectivity index (χ4v) is 3.09. The van der Waals surface area contributed by atoms with Crippen molar-refractivity contribution >= 4 is 5.91 Å². The second-order valence-electron chi connectivity index (χ2n) is 6.38. The molecule has 27 heavy (non-hydrogen) atoms. The van der Waals surface area contributed by atoms with Crippen LogP contribution in [-0.4, -0.2) is 17.5 Å². The summed E-state index contributed by atoms with van der Waals surface area (Å²) in [5.74, 6) is 1.45. The van der Waals surface area contributed by atoms with E-state index in [1.165, 1.54) is 0 Å². The van der Waals surface area contributed by atoms with Crippen molar-refractivity contribution in [1.82, 2.24) is 10.3 Å². The summed E-state index contributed by atoms with van der Waals surface area (Å²) in [4.78, 5) is 16.7. The number of hydrogen-bond donors (Lipinski definition) is 1. The predicted octanol–water partition coefficient (Wildman–Crippen LogP) is 3.91. The largest absolute Gasteiger partial charge is 0.493 e. The van der Waals surface area contributed by atoms with Crippen molar-refractivity contribution in [2.24, 2.45) is 0 Å². The van der Waals surface area contributed by atoms with Crippen molar-refractivity contribution in [2.75, 3.05) is 6.61 Å². The number of aromatic nitrogens is 1. The molecule has 0 radical (unpaired) electrons. The number of fused-ring (bicyclic) bond motifs is 1. The second-order valence-corrected chi connectivity index (χ2v) is 6.38. The van der Waals surface area contributed by atoms with Crippen LogP contribution >= 0.6 is 0 Å². The zero-order valence-corrected chi connectivity index (χ0v) is 14.8. The number of pyridine rings is 1. The van der Waals surface area contributed by atoms with E-state index in [-0.39, 0.29) is 11.9 Å². The van der Waals surface area contributed by atoms with E-state index in [0.29, 0.717) is 24.5 Å². The molecule has 1 atom stereocenters. The zero-order valence-electron chi connectivity index (χ0n) is 14.8. The van der Waals surface area contributed by atoms with Gasteiger partial charge in [0, 0.05) is 35.5 Å². The van der Waals surface area contributed by atoms with E-state index in [9.17, 15) is 4.79 Å². The molecule has 136 valence electrons. The molecule has 1 aliphatic rings. The smallest absolute Gasteiger partial charge is 0.251 e. The van der Waals surface area contributed by atoms with Crippen molar-refractivity contribution < 1.29 is 14.3 Å². The van der Waals surface area contributed by atoms with Gasteiger partial charge in [-0.2, -0.15) is 0 Å². The van der Waals surface area contributed by atoms with E-state index in [4.69, 9.17) is 9.47 Å². The zero-order chi connectivity index (χ0) is 18.5. The highest BCUT2D eigenvalue weighted by molar-refractivity contribution is 5.94. The monoisotopic (exact) mass is 360 g/mol. The van der Waals surface area contributed by atoms with Gasteiger partial charge in [-0.15, -0.1) is 0 Å². The lowest BCUT2D eigenvalue weighted by molar-refractivity contribution is 0.0924. The minimum Gasteiger partial charge on any atom is -0.493 e. The Bertz CT molecular complexity index is 910. The lowest BCUT2D eigenvalue weighted by Gasteiger charge is -2.26. The Morgan fingerprint density at radius 2 is 1.96 bits per heavy atom. The molecule has 0 aliphatic carbocycles. The fourth-order valence-electron chi connectivity index (χ4n) is 3.09. The number of amides is 1. The standard InChI is InChI=1S/C22H20N2O3/c25-22(24-20-11-13-26-21-6-2-1-5-19(20)21)17-7-9-18(10-8-17)27-15-16-4-3-12-23-14-16/h1-10,12,14,20H,11,13,15H2,(H,24,25). The molecule has 3 aromatic rings. The first kappa shape index (κ1) is 17.1. The normalized spacial score (nSPS) is 15.3. The number of carbonyl (C=O) groups excluding carboxylic acids is 1. The average molecular weight is 360 g/mol. The molecule has 1 amide bonds. The number of benzene rings is 2. The van der Waals surface area contributed by atoms with E-state index in [1.54, 1.807) is 24.5 Å². The van der Waals surface area contributed by atoms with Crippen molar-refractivity contribution in [3.05, 3.63) is 89.7 Å². The van der Waals surface area contributed by atoms with Gasteiger partial charge in [-0.25, -0.2) is 0 Å². The summed E-state index contributed by atoms with van der Waals surface area (Å²) in [5.41, 5.74) is 2.62. The molecule has 5 nitrogen and oxygen atoms in total. The first-order valence-electron chi connectivity index (χ1n) is 8.94. The van der Waals surface area contributed by atoms with Gasteiger partial charge < -0.3 is 14.8 Å². The van der Waals surface area contributed by atoms with Crippen molar-refractivity contribution in [3.8, 4) is 11.5 Å². The minimum atomic E-state index is -0.101. The molecule has 0 saturated carbocycles. The molecular formula is C22H20N2O3. The lowest BCUT2D eigenvalue weighted by Crippen LogP contribution is -2.32. The fraction of sp³-hybridized carbons (Fsp3) is 0.182. The van der Waals surface area contributed by atoms with Crippen LogP contribution in [0.3, 0.4) is 0 Å². The summed E-state index contributed by atoms with van der Waals surface area (Å²) in [6.45, 7) is 1.04. The van der Waals surface area contributed by atoms with E-state index < -0.39 is 0 Å². The highest BCUT2D eigenvalue weighted by Crippen LogP contribution is 2.31. The quantitative estimate of drug-likeness (QED) is 0.749. The summed E-state index contributed by atoms with van der Waals surface area (Å²) in [6, 6.07) is 18.8. The number of ether oxygens (including phenoxy) is 2. The molecule has 1 N–H and O–H groups in total. The van der Waals surface area contributed by atoms with E-state index >= 15 is 0 Å². The Kier molecular flexibility index (Phi) is 5.01. The van der Waals surface area contributed by atoms with Crippen LogP contribution < -0.4 is 14.8 Å². The number of para-hydroxylation sites is 1. The third kappa shape index (κ3) is 4.08. The number of carbonyl (C=O) groups is 1. The number of nitrogens with one attached hydrogen (secondary N) is 1. The molecule has 0 spiro atoms. The van der Waals surface area contributed by atoms with Gasteiger partial charge in [-0.05, 0) is 36.4 Å². The molecule has 2 heterocycles. The Balaban J connectivity index is 1.38. The molecule has 0 bridgehead atoms. The van der Waals surface area contributed by atoms with E-state index in [0.717, 1.165) is 23.3 Å². The first-order valence-corrected chi connectivity index (χ1v) is 8.94. The number of hydrogen-bond acceptors (Lipinski definition) is 4. The van der Waals surface area contributed by atoms with Crippen LogP contribution in [0, 0.1) is 0 Å². The predicted molar refractivity (Wildman–Crippen MR) is 102 cm³/mol. The average Bonchev–Trinajstić information content (AvgIpc) is 2.74. The number of rotatable bonds is 5. The minimum absolute atomic E-state index is 0.0380. The van der Waals surface area contributed by atoms with Gasteiger partial charge in [0.15, 0.2) is 0 Å². The Labute approximate surface area is 158 Å². The van der Waals surface area contributed by atoms with Crippen LogP contribution in [0.15, 0.2) is 73.1 Å². The van der Waals surface area contributed by atoms with Gasteiger partial charge >= 0.3 is 0 Å². The summed E-state index contributed by atoms with van der Waals surface area (Å²) < 4.78 is 11.4. The highest BCUT2D eigenvalue weighted by Gasteiger charge is 2.23. The van der Waals surface area contributed by atoms with Crippen LogP contribution in [0.1, 0.15) is 33.9 Å². The van der Waals surface area contributed by atoms with Gasteiger partial charge in [-0.1, -0.05) is 24.3 Å². The summed E-state index contributed by atoms with van der Waals surface area (Å²) in [6.07, 6.45) is 4.26. The Morgan fingerprint density at radius 1 is 1.11 bits per heavy atom. The molecule has 4 rings (SSSR count). The second kappa shape index (κ2) is 7.91. The first-order chi connectivity index (χ1) is 13.3. The molecule has 0 saturated heterocycles. The molecular weight excluding hydrogens is 340 g/mol.